The maximum Gasteiger partial charge on any atom is 0.268 e. The highest BCUT2D eigenvalue weighted by atomic mass is 19.3. The Hall–Kier alpha value is -2.87. The van der Waals surface area contributed by atoms with Gasteiger partial charge in [0.1, 0.15) is 11.1 Å². The van der Waals surface area contributed by atoms with E-state index in [0.717, 1.165) is 57.8 Å². The molecule has 2 atom stereocenters. The minimum absolute atomic E-state index is 0.00506. The molecule has 0 aromatic heterocycles. The van der Waals surface area contributed by atoms with Crippen LogP contribution in [-0.2, 0) is 22.6 Å². The molecule has 188 valence electrons. The number of morpholine rings is 1. The standard InChI is InChI=1S/C26H31F2N3O4/c1-25(24(32)30-34,26(2,33)23(27)28)29-17-21-9-5-19(6-10-21)3-4-20-7-11-22(12-8-20)18-31-13-15-35-16-14-31/h5-12,23,29,33-34H,13-18H2,1-2H3,(H,30,32)/t25?,26-/m1/s1. The molecular formula is C26H31F2N3O4. The Morgan fingerprint density at radius 1 is 1.03 bits per heavy atom. The van der Waals surface area contributed by atoms with Gasteiger partial charge in [0, 0.05) is 37.3 Å². The Labute approximate surface area is 204 Å². The SMILES string of the molecule is CC(NCc1ccc(C#Cc2ccc(CN3CCOCC3)cc2)cc1)(C(=O)NO)[C@](C)(O)C(F)F. The minimum atomic E-state index is -3.22. The third-order valence-electron chi connectivity index (χ3n) is 6.41. The smallest absolute Gasteiger partial charge is 0.268 e. The molecule has 0 radical (unpaired) electrons. The van der Waals surface area contributed by atoms with E-state index in [1.165, 1.54) is 11.0 Å². The first-order valence-electron chi connectivity index (χ1n) is 11.4. The number of alkyl halides is 2. The summed E-state index contributed by atoms with van der Waals surface area (Å²) in [6.07, 6.45) is -3.22. The number of carbonyl (C=O) groups is 1. The van der Waals surface area contributed by atoms with Crippen molar-refractivity contribution in [3.05, 3.63) is 70.8 Å². The molecular weight excluding hydrogens is 456 g/mol. The lowest BCUT2D eigenvalue weighted by atomic mass is 9.81. The fourth-order valence-electron chi connectivity index (χ4n) is 3.66. The molecule has 0 saturated carbocycles. The maximum atomic E-state index is 13.4. The van der Waals surface area contributed by atoms with Crippen LogP contribution in [0, 0.1) is 11.8 Å². The fourth-order valence-corrected chi connectivity index (χ4v) is 3.66. The average Bonchev–Trinajstić information content (AvgIpc) is 2.87. The molecule has 1 saturated heterocycles. The predicted molar refractivity (Wildman–Crippen MR) is 127 cm³/mol. The second kappa shape index (κ2) is 11.7. The van der Waals surface area contributed by atoms with Crippen LogP contribution in [0.2, 0.25) is 0 Å². The number of amides is 1. The number of carbonyl (C=O) groups excluding carboxylic acids is 1. The lowest BCUT2D eigenvalue weighted by Gasteiger charge is -2.40. The van der Waals surface area contributed by atoms with Gasteiger partial charge in [0.25, 0.3) is 12.3 Å². The number of ether oxygens (including phenoxy) is 1. The van der Waals surface area contributed by atoms with Crippen LogP contribution in [0.5, 0.6) is 0 Å². The van der Waals surface area contributed by atoms with Gasteiger partial charge < -0.3 is 9.84 Å². The summed E-state index contributed by atoms with van der Waals surface area (Å²) in [4.78, 5) is 14.4. The number of nitrogens with one attached hydrogen (secondary N) is 2. The number of hydrogen-bond acceptors (Lipinski definition) is 6. The Kier molecular flexibility index (Phi) is 8.94. The van der Waals surface area contributed by atoms with Gasteiger partial charge in [-0.2, -0.15) is 0 Å². The van der Waals surface area contributed by atoms with Crippen LogP contribution in [0.25, 0.3) is 0 Å². The van der Waals surface area contributed by atoms with Crippen molar-refractivity contribution in [3.8, 4) is 11.8 Å². The molecule has 4 N–H and O–H groups in total. The molecule has 1 amide bonds. The Morgan fingerprint density at radius 3 is 2.03 bits per heavy atom. The number of halogens is 2. The summed E-state index contributed by atoms with van der Waals surface area (Å²) in [5.74, 6) is 5.05. The van der Waals surface area contributed by atoms with E-state index in [4.69, 9.17) is 9.94 Å². The van der Waals surface area contributed by atoms with Crippen molar-refractivity contribution in [2.45, 2.75) is 44.5 Å². The van der Waals surface area contributed by atoms with Gasteiger partial charge in [-0.05, 0) is 49.2 Å². The third-order valence-corrected chi connectivity index (χ3v) is 6.41. The normalized spacial score (nSPS) is 17.7. The van der Waals surface area contributed by atoms with Crippen LogP contribution < -0.4 is 10.8 Å². The number of benzene rings is 2. The summed E-state index contributed by atoms with van der Waals surface area (Å²) in [5, 5.41) is 21.8. The van der Waals surface area contributed by atoms with Gasteiger partial charge >= 0.3 is 0 Å². The Balaban J connectivity index is 1.61. The number of hydrogen-bond donors (Lipinski definition) is 4. The molecule has 1 aliphatic heterocycles. The second-order valence-electron chi connectivity index (χ2n) is 8.90. The molecule has 3 rings (SSSR count). The van der Waals surface area contributed by atoms with Gasteiger partial charge in [0.15, 0.2) is 0 Å². The van der Waals surface area contributed by atoms with Crippen molar-refractivity contribution in [1.29, 1.82) is 0 Å². The van der Waals surface area contributed by atoms with Crippen molar-refractivity contribution in [2.75, 3.05) is 26.3 Å². The molecule has 2 aromatic carbocycles. The average molecular weight is 488 g/mol. The topological polar surface area (TPSA) is 94.1 Å². The van der Waals surface area contributed by atoms with E-state index in [2.05, 4.69) is 34.2 Å². The Morgan fingerprint density at radius 2 is 1.54 bits per heavy atom. The lowest BCUT2D eigenvalue weighted by Crippen LogP contribution is -2.69. The van der Waals surface area contributed by atoms with Crippen molar-refractivity contribution in [3.63, 3.8) is 0 Å². The summed E-state index contributed by atoms with van der Waals surface area (Å²) in [6.45, 7) is 6.26. The third kappa shape index (κ3) is 6.63. The van der Waals surface area contributed by atoms with Gasteiger partial charge in [-0.15, -0.1) is 0 Å². The molecule has 1 unspecified atom stereocenters. The van der Waals surface area contributed by atoms with E-state index in [-0.39, 0.29) is 6.54 Å². The van der Waals surface area contributed by atoms with Crippen LogP contribution in [0.3, 0.4) is 0 Å². The molecule has 9 heteroatoms. The number of aliphatic hydroxyl groups is 1. The summed E-state index contributed by atoms with van der Waals surface area (Å²) in [5.41, 5.74) is 0.0566. The van der Waals surface area contributed by atoms with Gasteiger partial charge in [-0.3, -0.25) is 20.2 Å². The molecule has 1 heterocycles. The molecule has 1 aliphatic rings. The molecule has 7 nitrogen and oxygen atoms in total. The zero-order valence-electron chi connectivity index (χ0n) is 19.9. The Bertz CT molecular complexity index is 1040. The molecule has 0 spiro atoms. The molecule has 35 heavy (non-hydrogen) atoms. The second-order valence-corrected chi connectivity index (χ2v) is 8.90. The van der Waals surface area contributed by atoms with Crippen LogP contribution in [0.4, 0.5) is 8.78 Å². The van der Waals surface area contributed by atoms with Crippen LogP contribution in [-0.4, -0.2) is 65.0 Å². The van der Waals surface area contributed by atoms with E-state index < -0.39 is 23.5 Å². The van der Waals surface area contributed by atoms with Crippen molar-refractivity contribution >= 4 is 5.91 Å². The first-order chi connectivity index (χ1) is 16.7. The van der Waals surface area contributed by atoms with Crippen LogP contribution >= 0.6 is 0 Å². The number of nitrogens with zero attached hydrogens (tertiary/aromatic N) is 1. The predicted octanol–water partition coefficient (Wildman–Crippen LogP) is 2.29. The zero-order valence-corrected chi connectivity index (χ0v) is 19.9. The van der Waals surface area contributed by atoms with Gasteiger partial charge in [-0.25, -0.2) is 14.3 Å². The highest BCUT2D eigenvalue weighted by Gasteiger charge is 2.54. The molecule has 2 aromatic rings. The van der Waals surface area contributed by atoms with Gasteiger partial charge in [0.2, 0.25) is 0 Å². The minimum Gasteiger partial charge on any atom is -0.382 e. The summed E-state index contributed by atoms with van der Waals surface area (Å²) < 4.78 is 32.1. The highest BCUT2D eigenvalue weighted by Crippen LogP contribution is 2.29. The largest absolute Gasteiger partial charge is 0.382 e. The maximum absolute atomic E-state index is 13.4. The zero-order chi connectivity index (χ0) is 25.5. The van der Waals surface area contributed by atoms with Crippen molar-refractivity contribution in [1.82, 2.24) is 15.7 Å². The quantitative estimate of drug-likeness (QED) is 0.259. The number of rotatable bonds is 8. The van der Waals surface area contributed by atoms with E-state index in [1.54, 1.807) is 24.3 Å². The van der Waals surface area contributed by atoms with Gasteiger partial charge in [0.05, 0.1) is 13.2 Å². The first kappa shape index (κ1) is 26.7. The molecule has 0 aliphatic carbocycles. The van der Waals surface area contributed by atoms with Crippen LogP contribution in [0.15, 0.2) is 48.5 Å². The van der Waals surface area contributed by atoms with Crippen molar-refractivity contribution in [2.24, 2.45) is 0 Å². The monoisotopic (exact) mass is 487 g/mol. The summed E-state index contributed by atoms with van der Waals surface area (Å²) in [7, 11) is 0. The lowest BCUT2D eigenvalue weighted by molar-refractivity contribution is -0.167. The van der Waals surface area contributed by atoms with Crippen molar-refractivity contribution < 1.29 is 28.6 Å². The first-order valence-corrected chi connectivity index (χ1v) is 11.4. The van der Waals surface area contributed by atoms with E-state index >= 15 is 0 Å². The fraction of sp³-hybridized carbons (Fsp3) is 0.423. The number of hydroxylamine groups is 1. The van der Waals surface area contributed by atoms with Gasteiger partial charge in [-0.1, -0.05) is 36.1 Å². The summed E-state index contributed by atoms with van der Waals surface area (Å²) >= 11 is 0. The highest BCUT2D eigenvalue weighted by molar-refractivity contribution is 5.86. The summed E-state index contributed by atoms with van der Waals surface area (Å²) in [6, 6.07) is 15.2. The molecule has 1 fully saturated rings. The molecule has 0 bridgehead atoms. The van der Waals surface area contributed by atoms with E-state index in [9.17, 15) is 18.7 Å². The van der Waals surface area contributed by atoms with E-state index in [1.807, 2.05) is 12.1 Å². The van der Waals surface area contributed by atoms with Crippen LogP contribution in [0.1, 0.15) is 36.1 Å². The van der Waals surface area contributed by atoms with E-state index in [0.29, 0.717) is 5.56 Å².